The third kappa shape index (κ3) is 2.91. The third-order valence-electron chi connectivity index (χ3n) is 4.03. The maximum atomic E-state index is 13.3. The molecule has 0 aliphatic carbocycles. The molecule has 0 unspecified atom stereocenters. The van der Waals surface area contributed by atoms with Crippen LogP contribution in [0.5, 0.6) is 5.75 Å². The van der Waals surface area contributed by atoms with E-state index in [-0.39, 0.29) is 4.90 Å². The highest BCUT2D eigenvalue weighted by Gasteiger charge is 2.31. The third-order valence-corrected chi connectivity index (χ3v) is 5.85. The molecule has 0 spiro atoms. The van der Waals surface area contributed by atoms with Gasteiger partial charge in [0.05, 0.1) is 24.2 Å². The van der Waals surface area contributed by atoms with E-state index in [9.17, 15) is 8.42 Å². The molecule has 1 aromatic heterocycles. The molecule has 0 bridgehead atoms. The smallest absolute Gasteiger partial charge is 0.269 e. The first-order chi connectivity index (χ1) is 11.6. The number of anilines is 2. The fourth-order valence-electron chi connectivity index (χ4n) is 2.89. The molecule has 0 atom stereocenters. The van der Waals surface area contributed by atoms with Gasteiger partial charge < -0.3 is 9.64 Å². The molecule has 1 aliphatic heterocycles. The minimum atomic E-state index is -3.76. The summed E-state index contributed by atoms with van der Waals surface area (Å²) in [5.74, 6) is 0.336. The molecule has 7 heteroatoms. The quantitative estimate of drug-likeness (QED) is 0.850. The first kappa shape index (κ1) is 16.6. The maximum absolute atomic E-state index is 13.3. The van der Waals surface area contributed by atoms with Gasteiger partial charge in [0.15, 0.2) is 0 Å². The van der Waals surface area contributed by atoms with Crippen molar-refractivity contribution in [2.24, 2.45) is 0 Å². The summed E-state index contributed by atoms with van der Waals surface area (Å²) >= 11 is 0. The van der Waals surface area contributed by atoms with Crippen LogP contribution < -0.4 is 13.9 Å². The van der Waals surface area contributed by atoms with Crippen molar-refractivity contribution in [2.45, 2.75) is 18.2 Å². The van der Waals surface area contributed by atoms with Gasteiger partial charge in [-0.05, 0) is 31.5 Å². The zero-order chi connectivity index (χ0) is 17.2. The number of nitrogens with zero attached hydrogens (tertiary/aromatic N) is 3. The second-order valence-electron chi connectivity index (χ2n) is 5.60. The maximum Gasteiger partial charge on any atom is 0.269 e. The Kier molecular flexibility index (Phi) is 4.62. The van der Waals surface area contributed by atoms with Gasteiger partial charge in [0.25, 0.3) is 10.0 Å². The lowest BCUT2D eigenvalue weighted by atomic mass is 10.2. The van der Waals surface area contributed by atoms with Crippen LogP contribution in [0.2, 0.25) is 0 Å². The molecule has 0 saturated heterocycles. The number of benzene rings is 1. The zero-order valence-corrected chi connectivity index (χ0v) is 14.7. The van der Waals surface area contributed by atoms with Crippen LogP contribution in [0.1, 0.15) is 13.3 Å². The summed E-state index contributed by atoms with van der Waals surface area (Å²) in [7, 11) is -1.78. The molecule has 128 valence electrons. The SMILES string of the molecule is CCOc1ccncc1S(=O)(=O)N1CCCN(C)c2ccccc21. The molecule has 3 rings (SSSR count). The lowest BCUT2D eigenvalue weighted by Crippen LogP contribution is -2.32. The van der Waals surface area contributed by atoms with Crippen LogP contribution >= 0.6 is 0 Å². The van der Waals surface area contributed by atoms with Gasteiger partial charge in [0, 0.05) is 26.3 Å². The Labute approximate surface area is 142 Å². The van der Waals surface area contributed by atoms with Gasteiger partial charge in [-0.25, -0.2) is 8.42 Å². The standard InChI is InChI=1S/C17H21N3O3S/c1-3-23-16-9-10-18-13-17(16)24(21,22)20-12-6-11-19(2)14-7-4-5-8-15(14)20/h4-5,7-10,13H,3,6,11-12H2,1-2H3. The topological polar surface area (TPSA) is 62.7 Å². The zero-order valence-electron chi connectivity index (χ0n) is 13.8. The molecule has 0 fully saturated rings. The Bertz CT molecular complexity index is 823. The Morgan fingerprint density at radius 2 is 1.92 bits per heavy atom. The number of ether oxygens (including phenoxy) is 1. The van der Waals surface area contributed by atoms with Gasteiger partial charge in [-0.15, -0.1) is 0 Å². The van der Waals surface area contributed by atoms with E-state index in [2.05, 4.69) is 9.88 Å². The van der Waals surface area contributed by atoms with Crippen molar-refractivity contribution in [3.63, 3.8) is 0 Å². The van der Waals surface area contributed by atoms with Crippen molar-refractivity contribution in [3.05, 3.63) is 42.7 Å². The second kappa shape index (κ2) is 6.68. The van der Waals surface area contributed by atoms with Crippen LogP contribution in [0, 0.1) is 0 Å². The Morgan fingerprint density at radius 3 is 2.67 bits per heavy atom. The largest absolute Gasteiger partial charge is 0.492 e. The summed E-state index contributed by atoms with van der Waals surface area (Å²) in [6.07, 6.45) is 3.64. The van der Waals surface area contributed by atoms with Crippen LogP contribution in [0.25, 0.3) is 0 Å². The summed E-state index contributed by atoms with van der Waals surface area (Å²) in [6.45, 7) is 3.44. The van der Waals surface area contributed by atoms with E-state index in [0.29, 0.717) is 24.6 Å². The van der Waals surface area contributed by atoms with E-state index in [1.165, 1.54) is 16.7 Å². The number of fused-ring (bicyclic) bond motifs is 1. The first-order valence-corrected chi connectivity index (χ1v) is 9.39. The summed E-state index contributed by atoms with van der Waals surface area (Å²) in [5.41, 5.74) is 1.59. The molecular formula is C17H21N3O3S. The fraction of sp³-hybridized carbons (Fsp3) is 0.353. The van der Waals surface area contributed by atoms with Crippen LogP contribution in [0.3, 0.4) is 0 Å². The number of hydrogen-bond acceptors (Lipinski definition) is 5. The molecule has 0 N–H and O–H groups in total. The Hall–Kier alpha value is -2.28. The number of sulfonamides is 1. The number of aromatic nitrogens is 1. The van der Waals surface area contributed by atoms with Gasteiger partial charge in [-0.1, -0.05) is 12.1 Å². The average molecular weight is 347 g/mol. The lowest BCUT2D eigenvalue weighted by molar-refractivity contribution is 0.330. The van der Waals surface area contributed by atoms with Crippen molar-refractivity contribution in [1.29, 1.82) is 0 Å². The molecule has 6 nitrogen and oxygen atoms in total. The van der Waals surface area contributed by atoms with Crippen LogP contribution in [0.15, 0.2) is 47.6 Å². The molecule has 24 heavy (non-hydrogen) atoms. The van der Waals surface area contributed by atoms with E-state index < -0.39 is 10.0 Å². The van der Waals surface area contributed by atoms with Crippen molar-refractivity contribution < 1.29 is 13.2 Å². The minimum absolute atomic E-state index is 0.103. The van der Waals surface area contributed by atoms with Gasteiger partial charge in [0.1, 0.15) is 10.6 Å². The minimum Gasteiger partial charge on any atom is -0.492 e. The second-order valence-corrected chi connectivity index (χ2v) is 7.43. The first-order valence-electron chi connectivity index (χ1n) is 7.95. The van der Waals surface area contributed by atoms with Gasteiger partial charge in [-0.2, -0.15) is 0 Å². The number of para-hydroxylation sites is 2. The highest BCUT2D eigenvalue weighted by Crippen LogP contribution is 2.36. The number of pyridine rings is 1. The van der Waals surface area contributed by atoms with E-state index in [1.807, 2.05) is 38.2 Å². The number of rotatable bonds is 4. The van der Waals surface area contributed by atoms with Crippen molar-refractivity contribution >= 4 is 21.4 Å². The average Bonchev–Trinajstić information content (AvgIpc) is 2.75. The highest BCUT2D eigenvalue weighted by molar-refractivity contribution is 7.93. The highest BCUT2D eigenvalue weighted by atomic mass is 32.2. The van der Waals surface area contributed by atoms with Gasteiger partial charge in [0.2, 0.25) is 0 Å². The van der Waals surface area contributed by atoms with E-state index in [4.69, 9.17) is 4.74 Å². The summed E-state index contributed by atoms with van der Waals surface area (Å²) in [5, 5.41) is 0. The van der Waals surface area contributed by atoms with Crippen molar-refractivity contribution in [2.75, 3.05) is 35.9 Å². The molecule has 0 radical (unpaired) electrons. The van der Waals surface area contributed by atoms with Gasteiger partial charge >= 0.3 is 0 Å². The Balaban J connectivity index is 2.12. The summed E-state index contributed by atoms with van der Waals surface area (Å²) < 4.78 is 33.5. The molecule has 0 amide bonds. The van der Waals surface area contributed by atoms with E-state index in [1.54, 1.807) is 6.07 Å². The summed E-state index contributed by atoms with van der Waals surface area (Å²) in [6, 6.07) is 9.14. The predicted molar refractivity (Wildman–Crippen MR) is 94.3 cm³/mol. The monoisotopic (exact) mass is 347 g/mol. The van der Waals surface area contributed by atoms with Gasteiger partial charge in [-0.3, -0.25) is 9.29 Å². The molecule has 1 aromatic carbocycles. The van der Waals surface area contributed by atoms with Crippen LogP contribution in [0.4, 0.5) is 11.4 Å². The molecule has 2 aromatic rings. The molecular weight excluding hydrogens is 326 g/mol. The van der Waals surface area contributed by atoms with Crippen LogP contribution in [-0.4, -0.2) is 40.1 Å². The fourth-order valence-corrected chi connectivity index (χ4v) is 4.49. The molecule has 1 aliphatic rings. The molecule has 0 saturated carbocycles. The van der Waals surface area contributed by atoms with E-state index >= 15 is 0 Å². The molecule has 2 heterocycles. The van der Waals surface area contributed by atoms with Crippen molar-refractivity contribution in [3.8, 4) is 5.75 Å². The number of hydrogen-bond donors (Lipinski definition) is 0. The predicted octanol–water partition coefficient (Wildman–Crippen LogP) is 2.52. The van der Waals surface area contributed by atoms with Crippen LogP contribution in [-0.2, 0) is 10.0 Å². The Morgan fingerprint density at radius 1 is 1.17 bits per heavy atom. The van der Waals surface area contributed by atoms with Crippen molar-refractivity contribution in [1.82, 2.24) is 4.98 Å². The van der Waals surface area contributed by atoms with E-state index in [0.717, 1.165) is 18.7 Å². The normalized spacial score (nSPS) is 14.9. The lowest BCUT2D eigenvalue weighted by Gasteiger charge is -2.26. The summed E-state index contributed by atoms with van der Waals surface area (Å²) in [4.78, 5) is 6.17.